The molecule has 2 heterocycles. The fraction of sp³-hybridized carbons (Fsp3) is 0.529. The van der Waals surface area contributed by atoms with Gasteiger partial charge in [0.2, 0.25) is 11.8 Å². The molecule has 2 aromatic rings. The number of carbonyl (C=O) groups is 1. The Bertz CT molecular complexity index is 590. The van der Waals surface area contributed by atoms with Crippen LogP contribution in [0.1, 0.15) is 51.0 Å². The van der Waals surface area contributed by atoms with E-state index in [0.29, 0.717) is 5.89 Å². The fourth-order valence-corrected chi connectivity index (χ4v) is 3.00. The number of unbranched alkanes of at least 4 members (excludes halogenated alkanes) is 2. The van der Waals surface area contributed by atoms with Crippen molar-refractivity contribution >= 4 is 17.2 Å². The molecule has 2 rings (SSSR count). The van der Waals surface area contributed by atoms with Crippen molar-refractivity contribution < 1.29 is 9.21 Å². The number of rotatable bonds is 8. The molecule has 1 amide bonds. The smallest absolute Gasteiger partial charge is 0.236 e. The lowest BCUT2D eigenvalue weighted by Gasteiger charge is -2.13. The predicted octanol–water partition coefficient (Wildman–Crippen LogP) is 4.34. The van der Waals surface area contributed by atoms with Gasteiger partial charge in [0, 0.05) is 6.04 Å². The van der Waals surface area contributed by atoms with E-state index in [0.717, 1.165) is 29.2 Å². The summed E-state index contributed by atoms with van der Waals surface area (Å²) in [7, 11) is 0. The highest BCUT2D eigenvalue weighted by Gasteiger charge is 2.16. The van der Waals surface area contributed by atoms with Crippen LogP contribution in [0.5, 0.6) is 0 Å². The highest BCUT2D eigenvalue weighted by molar-refractivity contribution is 7.13. The minimum absolute atomic E-state index is 0.0122. The first-order chi connectivity index (χ1) is 10.6. The number of carbonyl (C=O) groups excluding carboxylic acids is 1. The molecule has 0 spiro atoms. The van der Waals surface area contributed by atoms with Gasteiger partial charge >= 0.3 is 0 Å². The molecule has 0 saturated carbocycles. The first-order valence-electron chi connectivity index (χ1n) is 7.89. The molecule has 0 aromatic carbocycles. The molecule has 1 unspecified atom stereocenters. The van der Waals surface area contributed by atoms with Crippen molar-refractivity contribution in [1.29, 1.82) is 0 Å². The second kappa shape index (κ2) is 8.13. The number of hydrogen-bond donors (Lipinski definition) is 1. The van der Waals surface area contributed by atoms with Gasteiger partial charge in [-0.25, -0.2) is 4.98 Å². The summed E-state index contributed by atoms with van der Waals surface area (Å²) in [6, 6.07) is 4.14. The zero-order valence-electron chi connectivity index (χ0n) is 13.5. The van der Waals surface area contributed by atoms with E-state index in [-0.39, 0.29) is 18.4 Å². The predicted molar refractivity (Wildman–Crippen MR) is 90.0 cm³/mol. The lowest BCUT2D eigenvalue weighted by atomic mass is 10.1. The van der Waals surface area contributed by atoms with E-state index < -0.39 is 0 Å². The van der Waals surface area contributed by atoms with E-state index in [2.05, 4.69) is 24.1 Å². The molecule has 0 fully saturated rings. The molecule has 0 radical (unpaired) electrons. The van der Waals surface area contributed by atoms with Crippen LogP contribution in [0.3, 0.4) is 0 Å². The summed E-state index contributed by atoms with van der Waals surface area (Å²) in [5.41, 5.74) is 0.724. The van der Waals surface area contributed by atoms with Crippen molar-refractivity contribution in [3.63, 3.8) is 0 Å². The SMILES string of the molecule is CCCCCC(C)NC(=O)Cc1nc(-c2cccs2)oc1C. The topological polar surface area (TPSA) is 55.1 Å². The molecule has 120 valence electrons. The van der Waals surface area contributed by atoms with Crippen LogP contribution in [0.15, 0.2) is 21.9 Å². The molecule has 0 saturated heterocycles. The molecule has 1 N–H and O–H groups in total. The van der Waals surface area contributed by atoms with Gasteiger partial charge in [-0.3, -0.25) is 4.79 Å². The second-order valence-electron chi connectivity index (χ2n) is 5.64. The number of nitrogens with one attached hydrogen (secondary N) is 1. The van der Waals surface area contributed by atoms with Crippen molar-refractivity contribution in [3.8, 4) is 10.8 Å². The Hall–Kier alpha value is -1.62. The number of aryl methyl sites for hydroxylation is 1. The molecule has 0 aliphatic carbocycles. The maximum Gasteiger partial charge on any atom is 0.236 e. The zero-order valence-corrected chi connectivity index (χ0v) is 14.3. The normalized spacial score (nSPS) is 12.3. The number of aromatic nitrogens is 1. The Kier molecular flexibility index (Phi) is 6.19. The monoisotopic (exact) mass is 320 g/mol. The van der Waals surface area contributed by atoms with Crippen LogP contribution in [0.4, 0.5) is 0 Å². The summed E-state index contributed by atoms with van der Waals surface area (Å²) in [4.78, 5) is 17.6. The number of hydrogen-bond acceptors (Lipinski definition) is 4. The first kappa shape index (κ1) is 16.7. The largest absolute Gasteiger partial charge is 0.440 e. The second-order valence-corrected chi connectivity index (χ2v) is 6.59. The van der Waals surface area contributed by atoms with Gasteiger partial charge in [-0.15, -0.1) is 11.3 Å². The van der Waals surface area contributed by atoms with Crippen LogP contribution in [-0.2, 0) is 11.2 Å². The Morgan fingerprint density at radius 1 is 1.45 bits per heavy atom. The molecular weight excluding hydrogens is 296 g/mol. The van der Waals surface area contributed by atoms with E-state index >= 15 is 0 Å². The average Bonchev–Trinajstić information content (AvgIpc) is 3.09. The Morgan fingerprint density at radius 3 is 2.95 bits per heavy atom. The number of thiophene rings is 1. The maximum atomic E-state index is 12.1. The highest BCUT2D eigenvalue weighted by Crippen LogP contribution is 2.26. The third-order valence-electron chi connectivity index (χ3n) is 3.60. The Morgan fingerprint density at radius 2 is 2.27 bits per heavy atom. The third kappa shape index (κ3) is 4.70. The van der Waals surface area contributed by atoms with E-state index in [9.17, 15) is 4.79 Å². The van der Waals surface area contributed by atoms with E-state index in [1.165, 1.54) is 12.8 Å². The van der Waals surface area contributed by atoms with E-state index in [1.807, 2.05) is 24.4 Å². The summed E-state index contributed by atoms with van der Waals surface area (Å²) in [5, 5.41) is 5.03. The molecule has 1 atom stereocenters. The van der Waals surface area contributed by atoms with Gasteiger partial charge in [0.05, 0.1) is 17.0 Å². The zero-order chi connectivity index (χ0) is 15.9. The lowest BCUT2D eigenvalue weighted by molar-refractivity contribution is -0.121. The summed E-state index contributed by atoms with van der Waals surface area (Å²) >= 11 is 1.58. The van der Waals surface area contributed by atoms with E-state index in [4.69, 9.17) is 4.42 Å². The minimum Gasteiger partial charge on any atom is -0.440 e. The number of amides is 1. The van der Waals surface area contributed by atoms with Gasteiger partial charge in [0.15, 0.2) is 0 Å². The van der Waals surface area contributed by atoms with Gasteiger partial charge in [0.1, 0.15) is 5.76 Å². The van der Waals surface area contributed by atoms with Crippen LogP contribution in [0.2, 0.25) is 0 Å². The van der Waals surface area contributed by atoms with Crippen LogP contribution in [0.25, 0.3) is 10.8 Å². The van der Waals surface area contributed by atoms with Gasteiger partial charge in [-0.05, 0) is 31.7 Å². The summed E-state index contributed by atoms with van der Waals surface area (Å²) < 4.78 is 5.66. The van der Waals surface area contributed by atoms with Gasteiger partial charge < -0.3 is 9.73 Å². The van der Waals surface area contributed by atoms with Crippen molar-refractivity contribution in [2.45, 2.75) is 58.9 Å². The quantitative estimate of drug-likeness (QED) is 0.736. The van der Waals surface area contributed by atoms with Crippen molar-refractivity contribution in [2.24, 2.45) is 0 Å². The fourth-order valence-electron chi connectivity index (χ4n) is 2.35. The van der Waals surface area contributed by atoms with Crippen LogP contribution in [0, 0.1) is 6.92 Å². The molecule has 0 aliphatic rings. The molecule has 2 aromatic heterocycles. The van der Waals surface area contributed by atoms with Crippen LogP contribution >= 0.6 is 11.3 Å². The van der Waals surface area contributed by atoms with Crippen molar-refractivity contribution in [2.75, 3.05) is 0 Å². The molecular formula is C17H24N2O2S. The average molecular weight is 320 g/mol. The standard InChI is InChI=1S/C17H24N2O2S/c1-4-5-6-8-12(2)18-16(20)11-14-13(3)21-17(19-14)15-9-7-10-22-15/h7,9-10,12H,4-6,8,11H2,1-3H3,(H,18,20). The van der Waals surface area contributed by atoms with Crippen molar-refractivity contribution in [1.82, 2.24) is 10.3 Å². The first-order valence-corrected chi connectivity index (χ1v) is 8.77. The molecule has 0 bridgehead atoms. The van der Waals surface area contributed by atoms with Gasteiger partial charge in [-0.2, -0.15) is 0 Å². The summed E-state index contributed by atoms with van der Waals surface area (Å²) in [5.74, 6) is 1.33. The van der Waals surface area contributed by atoms with Crippen LogP contribution in [-0.4, -0.2) is 16.9 Å². The number of oxazole rings is 1. The number of nitrogens with zero attached hydrogens (tertiary/aromatic N) is 1. The van der Waals surface area contributed by atoms with Gasteiger partial charge in [0.25, 0.3) is 0 Å². The molecule has 4 nitrogen and oxygen atoms in total. The molecule has 22 heavy (non-hydrogen) atoms. The Balaban J connectivity index is 1.89. The molecule has 5 heteroatoms. The third-order valence-corrected chi connectivity index (χ3v) is 4.46. The Labute approximate surface area is 136 Å². The highest BCUT2D eigenvalue weighted by atomic mass is 32.1. The lowest BCUT2D eigenvalue weighted by Crippen LogP contribution is -2.33. The van der Waals surface area contributed by atoms with Crippen molar-refractivity contribution in [3.05, 3.63) is 29.0 Å². The minimum atomic E-state index is 0.0122. The molecule has 0 aliphatic heterocycles. The van der Waals surface area contributed by atoms with E-state index in [1.54, 1.807) is 11.3 Å². The summed E-state index contributed by atoms with van der Waals surface area (Å²) in [6.07, 6.45) is 4.87. The summed E-state index contributed by atoms with van der Waals surface area (Å²) in [6.45, 7) is 6.10. The van der Waals surface area contributed by atoms with Gasteiger partial charge in [-0.1, -0.05) is 32.3 Å². The maximum absolute atomic E-state index is 12.1. The van der Waals surface area contributed by atoms with Crippen LogP contribution < -0.4 is 5.32 Å².